The number of rotatable bonds is 3. The predicted molar refractivity (Wildman–Crippen MR) is 83.8 cm³/mol. The van der Waals surface area contributed by atoms with Gasteiger partial charge in [0, 0.05) is 18.2 Å². The maximum atomic E-state index is 12.5. The van der Waals surface area contributed by atoms with E-state index in [1.807, 2.05) is 0 Å². The van der Waals surface area contributed by atoms with Crippen LogP contribution in [0.4, 0.5) is 0 Å². The summed E-state index contributed by atoms with van der Waals surface area (Å²) in [5.41, 5.74) is -0.174. The van der Waals surface area contributed by atoms with E-state index in [0.29, 0.717) is 11.3 Å². The number of aliphatic hydroxyl groups is 2. The van der Waals surface area contributed by atoms with Crippen molar-refractivity contribution in [1.82, 2.24) is 0 Å². The summed E-state index contributed by atoms with van der Waals surface area (Å²) in [4.78, 5) is 12.5. The Kier molecular flexibility index (Phi) is 4.41. The zero-order chi connectivity index (χ0) is 17.5. The van der Waals surface area contributed by atoms with Crippen LogP contribution in [-0.2, 0) is 9.53 Å². The average Bonchev–Trinajstić information content (AvgIpc) is 2.52. The Morgan fingerprint density at radius 1 is 1.17 bits per heavy atom. The van der Waals surface area contributed by atoms with Crippen molar-refractivity contribution in [3.63, 3.8) is 0 Å². The van der Waals surface area contributed by atoms with Gasteiger partial charge in [-0.1, -0.05) is 0 Å². The topological polar surface area (TPSA) is 96.2 Å². The van der Waals surface area contributed by atoms with Crippen molar-refractivity contribution in [3.05, 3.63) is 34.6 Å². The Hall–Kier alpha value is -2.05. The molecule has 0 saturated carbocycles. The first-order valence-corrected chi connectivity index (χ1v) is 7.27. The van der Waals surface area contributed by atoms with Gasteiger partial charge < -0.3 is 24.8 Å². The van der Waals surface area contributed by atoms with Crippen LogP contribution < -0.4 is 4.74 Å². The second kappa shape index (κ2) is 5.86. The van der Waals surface area contributed by atoms with Gasteiger partial charge in [0.15, 0.2) is 6.10 Å². The molecule has 6 nitrogen and oxygen atoms in total. The Morgan fingerprint density at radius 3 is 2.35 bits per heavy atom. The fraction of sp³-hybridized carbons (Fsp3) is 0.471. The van der Waals surface area contributed by atoms with Gasteiger partial charge in [-0.3, -0.25) is 4.79 Å². The van der Waals surface area contributed by atoms with E-state index in [-0.39, 0.29) is 11.3 Å². The monoisotopic (exact) mass is 322 g/mol. The normalized spacial score (nSPS) is 28.2. The Labute approximate surface area is 135 Å². The molecule has 0 aromatic heterocycles. The van der Waals surface area contributed by atoms with Crippen LogP contribution in [0.15, 0.2) is 23.5 Å². The van der Waals surface area contributed by atoms with Crippen molar-refractivity contribution < 1.29 is 29.6 Å². The van der Waals surface area contributed by atoms with Gasteiger partial charge in [0.05, 0.1) is 0 Å². The SMILES string of the molecule is CO[C@@]1(C)[C@H](O)C(O)=C(C)C(=O)[C@@H]1Oc1cc(C)cc(O)c1C. The number of hydrogen-bond acceptors (Lipinski definition) is 6. The van der Waals surface area contributed by atoms with Crippen LogP contribution in [0.1, 0.15) is 25.0 Å². The summed E-state index contributed by atoms with van der Waals surface area (Å²) in [6.07, 6.45) is -2.55. The van der Waals surface area contributed by atoms with Crippen molar-refractivity contribution >= 4 is 5.78 Å². The quantitative estimate of drug-likeness (QED) is 0.787. The molecule has 2 rings (SSSR count). The molecule has 3 N–H and O–H groups in total. The van der Waals surface area contributed by atoms with Crippen LogP contribution in [0.5, 0.6) is 11.5 Å². The predicted octanol–water partition coefficient (Wildman–Crippen LogP) is 1.94. The third-order valence-electron chi connectivity index (χ3n) is 4.48. The molecular formula is C17H22O6. The summed E-state index contributed by atoms with van der Waals surface area (Å²) in [5, 5.41) is 30.2. The van der Waals surface area contributed by atoms with Crippen LogP contribution in [0.2, 0.25) is 0 Å². The van der Waals surface area contributed by atoms with Gasteiger partial charge in [-0.05, 0) is 45.4 Å². The lowest BCUT2D eigenvalue weighted by atomic mass is 9.79. The molecule has 1 aromatic rings. The van der Waals surface area contributed by atoms with Gasteiger partial charge in [-0.15, -0.1) is 0 Å². The van der Waals surface area contributed by atoms with E-state index < -0.39 is 29.4 Å². The lowest BCUT2D eigenvalue weighted by molar-refractivity contribution is -0.165. The molecule has 0 aliphatic heterocycles. The number of carbonyl (C=O) groups excluding carboxylic acids is 1. The van der Waals surface area contributed by atoms with Gasteiger partial charge in [-0.2, -0.15) is 0 Å². The summed E-state index contributed by atoms with van der Waals surface area (Å²) in [6, 6.07) is 3.28. The van der Waals surface area contributed by atoms with Gasteiger partial charge in [0.1, 0.15) is 29.0 Å². The maximum Gasteiger partial charge on any atom is 0.205 e. The summed E-state index contributed by atoms with van der Waals surface area (Å²) in [6.45, 7) is 6.37. The van der Waals surface area contributed by atoms with E-state index in [1.54, 1.807) is 26.0 Å². The number of ketones is 1. The molecule has 23 heavy (non-hydrogen) atoms. The first kappa shape index (κ1) is 17.3. The van der Waals surface area contributed by atoms with E-state index >= 15 is 0 Å². The minimum Gasteiger partial charge on any atom is -0.509 e. The number of carbonyl (C=O) groups is 1. The molecule has 0 bridgehead atoms. The van der Waals surface area contributed by atoms with E-state index in [2.05, 4.69) is 0 Å². The number of ether oxygens (including phenoxy) is 2. The van der Waals surface area contributed by atoms with Crippen molar-refractivity contribution in [2.45, 2.75) is 45.5 Å². The number of phenols is 1. The molecule has 0 spiro atoms. The lowest BCUT2D eigenvalue weighted by Crippen LogP contribution is -2.61. The second-order valence-corrected chi connectivity index (χ2v) is 6.07. The number of aromatic hydroxyl groups is 1. The smallest absolute Gasteiger partial charge is 0.205 e. The minimum atomic E-state index is -1.45. The van der Waals surface area contributed by atoms with Gasteiger partial charge >= 0.3 is 0 Å². The Balaban J connectivity index is 2.51. The van der Waals surface area contributed by atoms with Crippen molar-refractivity contribution in [2.24, 2.45) is 0 Å². The molecule has 1 aromatic carbocycles. The molecule has 0 fully saturated rings. The van der Waals surface area contributed by atoms with Crippen LogP contribution in [0.3, 0.4) is 0 Å². The molecule has 0 radical (unpaired) electrons. The van der Waals surface area contributed by atoms with E-state index in [4.69, 9.17) is 9.47 Å². The molecule has 6 heteroatoms. The van der Waals surface area contributed by atoms with Crippen LogP contribution in [0, 0.1) is 13.8 Å². The number of Topliss-reactive ketones (excluding diaryl/α,β-unsaturated/α-hetero) is 1. The highest BCUT2D eigenvalue weighted by molar-refractivity contribution is 6.01. The van der Waals surface area contributed by atoms with Gasteiger partial charge in [0.2, 0.25) is 5.78 Å². The summed E-state index contributed by atoms with van der Waals surface area (Å²) >= 11 is 0. The molecule has 126 valence electrons. The fourth-order valence-corrected chi connectivity index (χ4v) is 2.65. The van der Waals surface area contributed by atoms with Crippen molar-refractivity contribution in [1.29, 1.82) is 0 Å². The van der Waals surface area contributed by atoms with E-state index in [1.165, 1.54) is 21.0 Å². The van der Waals surface area contributed by atoms with Crippen molar-refractivity contribution in [3.8, 4) is 11.5 Å². The maximum absolute atomic E-state index is 12.5. The largest absolute Gasteiger partial charge is 0.509 e. The minimum absolute atomic E-state index is 0.0338. The lowest BCUT2D eigenvalue weighted by Gasteiger charge is -2.42. The summed E-state index contributed by atoms with van der Waals surface area (Å²) < 4.78 is 11.1. The van der Waals surface area contributed by atoms with Crippen LogP contribution in [-0.4, -0.2) is 46.0 Å². The van der Waals surface area contributed by atoms with E-state index in [9.17, 15) is 20.1 Å². The molecule has 0 unspecified atom stereocenters. The molecule has 0 saturated heterocycles. The van der Waals surface area contributed by atoms with Gasteiger partial charge in [-0.25, -0.2) is 0 Å². The molecule has 0 heterocycles. The first-order chi connectivity index (χ1) is 10.6. The Morgan fingerprint density at radius 2 is 1.78 bits per heavy atom. The molecule has 3 atom stereocenters. The molecule has 0 amide bonds. The standard InChI is InChI=1S/C17H22O6/c1-8-6-11(18)9(2)12(7-8)23-16-14(20)10(3)13(19)15(21)17(16,4)22-5/h6-7,15-16,18-19,21H,1-5H3/t15-,16+,17+/m1/s1. The zero-order valence-electron chi connectivity index (χ0n) is 13.9. The summed E-state index contributed by atoms with van der Waals surface area (Å²) in [5.74, 6) is -0.510. The third-order valence-corrected chi connectivity index (χ3v) is 4.48. The average molecular weight is 322 g/mol. The van der Waals surface area contributed by atoms with Crippen LogP contribution in [0.25, 0.3) is 0 Å². The highest BCUT2D eigenvalue weighted by Crippen LogP contribution is 2.37. The number of aliphatic hydroxyl groups excluding tert-OH is 2. The number of aryl methyl sites for hydroxylation is 1. The second-order valence-electron chi connectivity index (χ2n) is 6.07. The third kappa shape index (κ3) is 2.68. The van der Waals surface area contributed by atoms with Gasteiger partial charge in [0.25, 0.3) is 0 Å². The molecular weight excluding hydrogens is 300 g/mol. The first-order valence-electron chi connectivity index (χ1n) is 7.27. The number of benzene rings is 1. The fourth-order valence-electron chi connectivity index (χ4n) is 2.65. The zero-order valence-corrected chi connectivity index (χ0v) is 13.9. The Bertz CT molecular complexity index is 678. The van der Waals surface area contributed by atoms with Crippen molar-refractivity contribution in [2.75, 3.05) is 7.11 Å². The summed E-state index contributed by atoms with van der Waals surface area (Å²) in [7, 11) is 1.33. The number of methoxy groups -OCH3 is 1. The number of phenolic OH excluding ortho intramolecular Hbond substituents is 1. The van der Waals surface area contributed by atoms with Crippen LogP contribution >= 0.6 is 0 Å². The highest BCUT2D eigenvalue weighted by Gasteiger charge is 2.53. The van der Waals surface area contributed by atoms with E-state index in [0.717, 1.165) is 5.56 Å². The molecule has 1 aliphatic carbocycles. The molecule has 1 aliphatic rings. The highest BCUT2D eigenvalue weighted by atomic mass is 16.6. The number of hydrogen-bond donors (Lipinski definition) is 3.